The van der Waals surface area contributed by atoms with E-state index in [-0.39, 0.29) is 17.5 Å². The number of fused-ring (bicyclic) bond motifs is 1. The molecule has 0 saturated heterocycles. The van der Waals surface area contributed by atoms with E-state index in [1.54, 1.807) is 7.05 Å². The van der Waals surface area contributed by atoms with Crippen molar-refractivity contribution in [2.24, 2.45) is 13.0 Å². The number of aromatic nitrogens is 2. The minimum atomic E-state index is -0.175. The molecule has 1 amide bonds. The Morgan fingerprint density at radius 1 is 1.25 bits per heavy atom. The van der Waals surface area contributed by atoms with E-state index < -0.39 is 0 Å². The van der Waals surface area contributed by atoms with Gasteiger partial charge in [0, 0.05) is 12.1 Å². The van der Waals surface area contributed by atoms with Gasteiger partial charge >= 0.3 is 0 Å². The van der Waals surface area contributed by atoms with Crippen molar-refractivity contribution in [3.63, 3.8) is 0 Å². The van der Waals surface area contributed by atoms with Crippen molar-refractivity contribution in [1.82, 2.24) is 14.9 Å². The van der Waals surface area contributed by atoms with Crippen molar-refractivity contribution >= 4 is 39.1 Å². The number of nitrogens with zero attached hydrogens (tertiary/aromatic N) is 2. The average Bonchev–Trinajstić information content (AvgIpc) is 2.99. The molecule has 0 radical (unpaired) electrons. The lowest BCUT2D eigenvalue weighted by molar-refractivity contribution is 0.0937. The molecule has 28 heavy (non-hydrogen) atoms. The molecule has 148 valence electrons. The molecule has 0 aliphatic heterocycles. The van der Waals surface area contributed by atoms with Gasteiger partial charge < -0.3 is 9.88 Å². The zero-order chi connectivity index (χ0) is 20.4. The second kappa shape index (κ2) is 8.45. The number of hydrogen-bond donors (Lipinski definition) is 1. The van der Waals surface area contributed by atoms with E-state index in [0.717, 1.165) is 18.4 Å². The van der Waals surface area contributed by atoms with Crippen LogP contribution in [0.5, 0.6) is 0 Å². The van der Waals surface area contributed by atoms with Crippen molar-refractivity contribution in [1.29, 1.82) is 0 Å². The summed E-state index contributed by atoms with van der Waals surface area (Å²) in [7, 11) is 1.66. The van der Waals surface area contributed by atoms with Gasteiger partial charge in [-0.25, -0.2) is 4.98 Å². The molecule has 0 bridgehead atoms. The van der Waals surface area contributed by atoms with Crippen LogP contribution in [0.1, 0.15) is 53.5 Å². The van der Waals surface area contributed by atoms with E-state index in [9.17, 15) is 9.59 Å². The van der Waals surface area contributed by atoms with Gasteiger partial charge in [-0.2, -0.15) is 0 Å². The fourth-order valence-electron chi connectivity index (χ4n) is 3.17. The standard InChI is InChI=1S/C21H24ClN3O2S/c1-12(2)5-10-16(14-6-8-15(22)9-7-14)24-19(26)18-13(3)17-20(28-18)23-11-25(4)21(17)27/h6-9,11-12,16H,5,10H2,1-4H3,(H,24,26). The Labute approximate surface area is 173 Å². The van der Waals surface area contributed by atoms with Crippen molar-refractivity contribution in [3.8, 4) is 0 Å². The molecule has 2 heterocycles. The Kier molecular flexibility index (Phi) is 6.20. The molecule has 0 saturated carbocycles. The average molecular weight is 418 g/mol. The van der Waals surface area contributed by atoms with E-state index in [2.05, 4.69) is 24.1 Å². The summed E-state index contributed by atoms with van der Waals surface area (Å²) in [6.07, 6.45) is 3.30. The number of hydrogen-bond acceptors (Lipinski definition) is 4. The predicted molar refractivity (Wildman–Crippen MR) is 115 cm³/mol. The Hall–Kier alpha value is -2.18. The van der Waals surface area contributed by atoms with Gasteiger partial charge in [-0.05, 0) is 48.9 Å². The molecule has 1 unspecified atom stereocenters. The molecule has 2 aromatic heterocycles. The molecule has 0 aliphatic rings. The molecular weight excluding hydrogens is 394 g/mol. The molecule has 3 rings (SSSR count). The highest BCUT2D eigenvalue weighted by Gasteiger charge is 2.22. The van der Waals surface area contributed by atoms with Gasteiger partial charge in [-0.15, -0.1) is 11.3 Å². The Balaban J connectivity index is 1.92. The first-order valence-electron chi connectivity index (χ1n) is 9.29. The monoisotopic (exact) mass is 417 g/mol. The highest BCUT2D eigenvalue weighted by Crippen LogP contribution is 2.29. The van der Waals surface area contributed by atoms with Crippen molar-refractivity contribution in [3.05, 3.63) is 62.0 Å². The lowest BCUT2D eigenvalue weighted by Crippen LogP contribution is -2.28. The molecule has 5 nitrogen and oxygen atoms in total. The van der Waals surface area contributed by atoms with Gasteiger partial charge in [-0.3, -0.25) is 9.59 Å². The molecule has 1 aromatic carbocycles. The van der Waals surface area contributed by atoms with Crippen LogP contribution < -0.4 is 10.9 Å². The first-order valence-corrected chi connectivity index (χ1v) is 10.5. The van der Waals surface area contributed by atoms with E-state index in [4.69, 9.17) is 11.6 Å². The van der Waals surface area contributed by atoms with Gasteiger partial charge in [0.1, 0.15) is 4.83 Å². The number of benzene rings is 1. The summed E-state index contributed by atoms with van der Waals surface area (Å²) in [6, 6.07) is 7.45. The number of carbonyl (C=O) groups excluding carboxylic acids is 1. The minimum absolute atomic E-state index is 0.118. The van der Waals surface area contributed by atoms with Crippen LogP contribution in [0.25, 0.3) is 10.2 Å². The number of rotatable bonds is 6. The summed E-state index contributed by atoms with van der Waals surface area (Å²) in [4.78, 5) is 30.9. The molecule has 1 atom stereocenters. The summed E-state index contributed by atoms with van der Waals surface area (Å²) < 4.78 is 1.43. The lowest BCUT2D eigenvalue weighted by atomic mass is 9.97. The molecule has 1 N–H and O–H groups in total. The Morgan fingerprint density at radius 2 is 1.93 bits per heavy atom. The van der Waals surface area contributed by atoms with Gasteiger partial charge in [0.25, 0.3) is 11.5 Å². The fourth-order valence-corrected chi connectivity index (χ4v) is 4.33. The summed E-state index contributed by atoms with van der Waals surface area (Å²) in [6.45, 7) is 6.14. The first-order chi connectivity index (χ1) is 13.3. The third kappa shape index (κ3) is 4.28. The Bertz CT molecular complexity index is 1050. The topological polar surface area (TPSA) is 64.0 Å². The number of nitrogens with one attached hydrogen (secondary N) is 1. The largest absolute Gasteiger partial charge is 0.345 e. The predicted octanol–water partition coefficient (Wildman–Crippen LogP) is 4.86. The zero-order valence-corrected chi connectivity index (χ0v) is 18.0. The highest BCUT2D eigenvalue weighted by molar-refractivity contribution is 7.20. The van der Waals surface area contributed by atoms with Crippen LogP contribution in [-0.4, -0.2) is 15.5 Å². The van der Waals surface area contributed by atoms with E-state index in [1.165, 1.54) is 22.2 Å². The van der Waals surface area contributed by atoms with E-state index in [0.29, 0.717) is 31.6 Å². The molecule has 0 fully saturated rings. The fraction of sp³-hybridized carbons (Fsp3) is 0.381. The second-order valence-electron chi connectivity index (χ2n) is 7.45. The summed E-state index contributed by atoms with van der Waals surface area (Å²) >= 11 is 7.28. The zero-order valence-electron chi connectivity index (χ0n) is 16.5. The molecular formula is C21H24ClN3O2S. The lowest BCUT2D eigenvalue weighted by Gasteiger charge is -2.20. The number of halogens is 1. The summed E-state index contributed by atoms with van der Waals surface area (Å²) in [5.74, 6) is 0.358. The van der Waals surface area contributed by atoms with E-state index in [1.807, 2.05) is 31.2 Å². The summed E-state index contributed by atoms with van der Waals surface area (Å²) in [5.41, 5.74) is 1.57. The molecule has 7 heteroatoms. The van der Waals surface area contributed by atoms with Crippen LogP contribution in [0.15, 0.2) is 35.4 Å². The van der Waals surface area contributed by atoms with Crippen LogP contribution in [-0.2, 0) is 7.05 Å². The van der Waals surface area contributed by atoms with Crippen molar-refractivity contribution in [2.75, 3.05) is 0 Å². The molecule has 0 spiro atoms. The van der Waals surface area contributed by atoms with Crippen LogP contribution in [0.2, 0.25) is 5.02 Å². The van der Waals surface area contributed by atoms with Crippen LogP contribution in [0.4, 0.5) is 0 Å². The normalized spacial score (nSPS) is 12.5. The van der Waals surface area contributed by atoms with Crippen molar-refractivity contribution in [2.45, 2.75) is 39.7 Å². The third-order valence-electron chi connectivity index (χ3n) is 4.83. The van der Waals surface area contributed by atoms with Crippen molar-refractivity contribution < 1.29 is 4.79 Å². The minimum Gasteiger partial charge on any atom is -0.345 e. The number of aryl methyl sites for hydroxylation is 2. The van der Waals surface area contributed by atoms with Crippen LogP contribution >= 0.6 is 22.9 Å². The maximum atomic E-state index is 13.1. The van der Waals surface area contributed by atoms with Crippen LogP contribution in [0.3, 0.4) is 0 Å². The van der Waals surface area contributed by atoms with Gasteiger partial charge in [0.2, 0.25) is 0 Å². The molecule has 3 aromatic rings. The third-order valence-corrected chi connectivity index (χ3v) is 6.28. The number of thiophene rings is 1. The van der Waals surface area contributed by atoms with Crippen LogP contribution in [0, 0.1) is 12.8 Å². The number of amides is 1. The first kappa shape index (κ1) is 20.6. The Morgan fingerprint density at radius 3 is 2.57 bits per heavy atom. The van der Waals surface area contributed by atoms with Gasteiger partial charge in [-0.1, -0.05) is 37.6 Å². The van der Waals surface area contributed by atoms with Gasteiger partial charge in [0.05, 0.1) is 22.6 Å². The van der Waals surface area contributed by atoms with Gasteiger partial charge in [0.15, 0.2) is 0 Å². The maximum absolute atomic E-state index is 13.1. The van der Waals surface area contributed by atoms with E-state index >= 15 is 0 Å². The summed E-state index contributed by atoms with van der Waals surface area (Å²) in [5, 5.41) is 4.34. The number of carbonyl (C=O) groups is 1. The quantitative estimate of drug-likeness (QED) is 0.622. The maximum Gasteiger partial charge on any atom is 0.262 e. The molecule has 0 aliphatic carbocycles. The SMILES string of the molecule is Cc1c(C(=O)NC(CCC(C)C)c2ccc(Cl)cc2)sc2ncn(C)c(=O)c12. The smallest absolute Gasteiger partial charge is 0.262 e. The highest BCUT2D eigenvalue weighted by atomic mass is 35.5. The second-order valence-corrected chi connectivity index (χ2v) is 8.88.